The van der Waals surface area contributed by atoms with Crippen molar-refractivity contribution >= 4 is 5.69 Å². The maximum Gasteiger partial charge on any atom is 0.0347 e. The molecule has 0 spiro atoms. The average molecular weight is 206 g/mol. The van der Waals surface area contributed by atoms with Gasteiger partial charge in [0.05, 0.1) is 0 Å². The van der Waals surface area contributed by atoms with Gasteiger partial charge in [-0.3, -0.25) is 0 Å². The summed E-state index contributed by atoms with van der Waals surface area (Å²) in [5.41, 5.74) is 8.08. The number of nitrogen functional groups attached to an aromatic ring is 1. The quantitative estimate of drug-likeness (QED) is 0.750. The summed E-state index contributed by atoms with van der Waals surface area (Å²) in [6.45, 7) is 8.86. The van der Waals surface area contributed by atoms with Crippen molar-refractivity contribution in [3.8, 4) is 0 Å². The van der Waals surface area contributed by atoms with Gasteiger partial charge < -0.3 is 10.6 Å². The van der Waals surface area contributed by atoms with Crippen LogP contribution in [0.15, 0.2) is 24.3 Å². The molecule has 0 amide bonds. The summed E-state index contributed by atoms with van der Waals surface area (Å²) in [6, 6.07) is 8.74. The summed E-state index contributed by atoms with van der Waals surface area (Å²) in [5.74, 6) is 0. The van der Waals surface area contributed by atoms with Crippen molar-refractivity contribution in [3.63, 3.8) is 0 Å². The second kappa shape index (κ2) is 5.76. The lowest BCUT2D eigenvalue weighted by molar-refractivity contribution is 0.237. The molecule has 0 unspecified atom stereocenters. The van der Waals surface area contributed by atoms with Gasteiger partial charge in [-0.1, -0.05) is 25.1 Å². The molecule has 15 heavy (non-hydrogen) atoms. The van der Waals surface area contributed by atoms with Gasteiger partial charge in [0.15, 0.2) is 0 Å². The van der Waals surface area contributed by atoms with Crippen LogP contribution in [0.2, 0.25) is 0 Å². The van der Waals surface area contributed by atoms with Gasteiger partial charge in [-0.05, 0) is 38.4 Å². The molecular formula is C13H22N2. The summed E-state index contributed by atoms with van der Waals surface area (Å²) < 4.78 is 0. The van der Waals surface area contributed by atoms with E-state index >= 15 is 0 Å². The number of hydrogen-bond acceptors (Lipinski definition) is 2. The van der Waals surface area contributed by atoms with Crippen molar-refractivity contribution in [1.29, 1.82) is 0 Å². The Morgan fingerprint density at radius 2 is 1.93 bits per heavy atom. The summed E-state index contributed by atoms with van der Waals surface area (Å²) in [4.78, 5) is 2.45. The van der Waals surface area contributed by atoms with Crippen molar-refractivity contribution in [2.45, 2.75) is 33.2 Å². The molecule has 2 N–H and O–H groups in total. The summed E-state index contributed by atoms with van der Waals surface area (Å²) in [6.07, 6.45) is 1.04. The molecule has 0 saturated carbocycles. The minimum absolute atomic E-state index is 0.611. The standard InChI is InChI=1S/C13H22N2/c1-4-15(11(2)3)10-9-12-7-5-6-8-13(12)14/h5-8,11H,4,9-10,14H2,1-3H3. The zero-order chi connectivity index (χ0) is 11.3. The summed E-state index contributed by atoms with van der Waals surface area (Å²) >= 11 is 0. The topological polar surface area (TPSA) is 29.3 Å². The Bertz CT molecular complexity index is 294. The number of hydrogen-bond donors (Lipinski definition) is 1. The Balaban J connectivity index is 2.53. The van der Waals surface area contributed by atoms with E-state index < -0.39 is 0 Å². The predicted octanol–water partition coefficient (Wildman–Crippen LogP) is 2.54. The minimum Gasteiger partial charge on any atom is -0.399 e. The van der Waals surface area contributed by atoms with Crippen LogP contribution in [0, 0.1) is 0 Å². The molecule has 2 nitrogen and oxygen atoms in total. The Kier molecular flexibility index (Phi) is 4.63. The first kappa shape index (κ1) is 12.1. The molecule has 0 heterocycles. The molecule has 0 aliphatic carbocycles. The van der Waals surface area contributed by atoms with Crippen LogP contribution in [0.4, 0.5) is 5.69 Å². The maximum absolute atomic E-state index is 5.91. The Labute approximate surface area is 93.1 Å². The fourth-order valence-electron chi connectivity index (χ4n) is 1.81. The molecule has 0 fully saturated rings. The largest absolute Gasteiger partial charge is 0.399 e. The molecule has 1 aromatic rings. The van der Waals surface area contributed by atoms with Gasteiger partial charge in [-0.2, -0.15) is 0 Å². The zero-order valence-corrected chi connectivity index (χ0v) is 10.0. The Morgan fingerprint density at radius 3 is 2.47 bits per heavy atom. The third-order valence-electron chi connectivity index (χ3n) is 2.86. The molecule has 0 radical (unpaired) electrons. The van der Waals surface area contributed by atoms with Crippen LogP contribution < -0.4 is 5.73 Å². The van der Waals surface area contributed by atoms with Gasteiger partial charge in [-0.15, -0.1) is 0 Å². The normalized spacial score (nSPS) is 11.3. The Hall–Kier alpha value is -1.02. The van der Waals surface area contributed by atoms with E-state index in [0.29, 0.717) is 6.04 Å². The highest BCUT2D eigenvalue weighted by Gasteiger charge is 2.07. The highest BCUT2D eigenvalue weighted by Crippen LogP contribution is 2.12. The van der Waals surface area contributed by atoms with Crippen molar-refractivity contribution in [1.82, 2.24) is 4.90 Å². The van der Waals surface area contributed by atoms with Gasteiger partial charge in [0.25, 0.3) is 0 Å². The molecule has 2 heteroatoms. The monoisotopic (exact) mass is 206 g/mol. The van der Waals surface area contributed by atoms with E-state index in [0.717, 1.165) is 25.2 Å². The highest BCUT2D eigenvalue weighted by atomic mass is 15.1. The van der Waals surface area contributed by atoms with Crippen molar-refractivity contribution in [2.24, 2.45) is 0 Å². The third-order valence-corrected chi connectivity index (χ3v) is 2.86. The first-order chi connectivity index (χ1) is 7.15. The molecule has 0 bridgehead atoms. The number of nitrogens with zero attached hydrogens (tertiary/aromatic N) is 1. The van der Waals surface area contributed by atoms with Crippen LogP contribution in [0.3, 0.4) is 0 Å². The molecule has 1 rings (SSSR count). The summed E-state index contributed by atoms with van der Waals surface area (Å²) in [7, 11) is 0. The molecule has 0 aliphatic heterocycles. The number of anilines is 1. The first-order valence-corrected chi connectivity index (χ1v) is 5.72. The van der Waals surface area contributed by atoms with E-state index in [1.165, 1.54) is 5.56 Å². The maximum atomic E-state index is 5.91. The van der Waals surface area contributed by atoms with Gasteiger partial charge in [0, 0.05) is 18.3 Å². The molecule has 0 atom stereocenters. The van der Waals surface area contributed by atoms with Crippen molar-refractivity contribution < 1.29 is 0 Å². The van der Waals surface area contributed by atoms with E-state index in [1.54, 1.807) is 0 Å². The van der Waals surface area contributed by atoms with Crippen molar-refractivity contribution in [2.75, 3.05) is 18.8 Å². The minimum atomic E-state index is 0.611. The number of nitrogens with two attached hydrogens (primary N) is 1. The molecule has 1 aromatic carbocycles. The fraction of sp³-hybridized carbons (Fsp3) is 0.538. The van der Waals surface area contributed by atoms with Gasteiger partial charge in [0.2, 0.25) is 0 Å². The number of likely N-dealkylation sites (N-methyl/N-ethyl adjacent to an activating group) is 1. The smallest absolute Gasteiger partial charge is 0.0347 e. The lowest BCUT2D eigenvalue weighted by Gasteiger charge is -2.24. The second-order valence-corrected chi connectivity index (χ2v) is 4.17. The van der Waals surface area contributed by atoms with Gasteiger partial charge in [-0.25, -0.2) is 0 Å². The second-order valence-electron chi connectivity index (χ2n) is 4.17. The number of rotatable bonds is 5. The number of para-hydroxylation sites is 1. The van der Waals surface area contributed by atoms with E-state index in [1.807, 2.05) is 12.1 Å². The van der Waals surface area contributed by atoms with E-state index in [9.17, 15) is 0 Å². The van der Waals surface area contributed by atoms with Crippen molar-refractivity contribution in [3.05, 3.63) is 29.8 Å². The van der Waals surface area contributed by atoms with Crippen LogP contribution in [0.25, 0.3) is 0 Å². The Morgan fingerprint density at radius 1 is 1.27 bits per heavy atom. The SMILES string of the molecule is CCN(CCc1ccccc1N)C(C)C. The van der Waals surface area contributed by atoms with Crippen LogP contribution in [0.5, 0.6) is 0 Å². The van der Waals surface area contributed by atoms with Crippen LogP contribution >= 0.6 is 0 Å². The fourth-order valence-corrected chi connectivity index (χ4v) is 1.81. The van der Waals surface area contributed by atoms with Crippen LogP contribution in [0.1, 0.15) is 26.3 Å². The lowest BCUT2D eigenvalue weighted by atomic mass is 10.1. The summed E-state index contributed by atoms with van der Waals surface area (Å²) in [5, 5.41) is 0. The van der Waals surface area contributed by atoms with Gasteiger partial charge in [0.1, 0.15) is 0 Å². The molecule has 0 aromatic heterocycles. The molecular weight excluding hydrogens is 184 g/mol. The lowest BCUT2D eigenvalue weighted by Crippen LogP contribution is -2.32. The average Bonchev–Trinajstić information content (AvgIpc) is 2.21. The third kappa shape index (κ3) is 3.56. The predicted molar refractivity (Wildman–Crippen MR) is 66.9 cm³/mol. The molecule has 0 aliphatic rings. The van der Waals surface area contributed by atoms with E-state index in [4.69, 9.17) is 5.73 Å². The highest BCUT2D eigenvalue weighted by molar-refractivity contribution is 5.46. The number of benzene rings is 1. The molecule has 0 saturated heterocycles. The van der Waals surface area contributed by atoms with Crippen LogP contribution in [-0.4, -0.2) is 24.0 Å². The molecule has 84 valence electrons. The zero-order valence-electron chi connectivity index (χ0n) is 10.0. The van der Waals surface area contributed by atoms with Gasteiger partial charge >= 0.3 is 0 Å². The first-order valence-electron chi connectivity index (χ1n) is 5.72. The van der Waals surface area contributed by atoms with E-state index in [-0.39, 0.29) is 0 Å². The van der Waals surface area contributed by atoms with Crippen LogP contribution in [-0.2, 0) is 6.42 Å². The van der Waals surface area contributed by atoms with E-state index in [2.05, 4.69) is 37.8 Å².